The summed E-state index contributed by atoms with van der Waals surface area (Å²) in [5, 5.41) is 6.01. The molecule has 3 aromatic rings. The lowest BCUT2D eigenvalue weighted by molar-refractivity contribution is -0.136. The van der Waals surface area contributed by atoms with Crippen LogP contribution in [0.3, 0.4) is 0 Å². The molecule has 0 unspecified atom stereocenters. The van der Waals surface area contributed by atoms with E-state index in [1.807, 2.05) is 54.6 Å². The molecule has 0 saturated heterocycles. The van der Waals surface area contributed by atoms with Gasteiger partial charge in [-0.1, -0.05) is 42.5 Å². The molecule has 0 aliphatic carbocycles. The van der Waals surface area contributed by atoms with Gasteiger partial charge in [0.15, 0.2) is 6.61 Å². The molecule has 1 amide bonds. The molecule has 2 aromatic carbocycles. The van der Waals surface area contributed by atoms with Crippen LogP contribution < -0.4 is 4.74 Å². The van der Waals surface area contributed by atoms with E-state index in [9.17, 15) is 9.59 Å². The lowest BCUT2D eigenvalue weighted by Gasteiger charge is -2.22. The van der Waals surface area contributed by atoms with Gasteiger partial charge >= 0.3 is 5.97 Å². The molecule has 2 heterocycles. The van der Waals surface area contributed by atoms with Gasteiger partial charge in [-0.25, -0.2) is 9.80 Å². The average molecular weight is 417 g/mol. The van der Waals surface area contributed by atoms with Crippen LogP contribution >= 0.6 is 0 Å². The van der Waals surface area contributed by atoms with Gasteiger partial charge in [0.1, 0.15) is 11.4 Å². The van der Waals surface area contributed by atoms with Crippen molar-refractivity contribution in [2.45, 2.75) is 12.5 Å². The lowest BCUT2D eigenvalue weighted by atomic mass is 9.98. The zero-order chi connectivity index (χ0) is 21.8. The van der Waals surface area contributed by atoms with E-state index in [0.717, 1.165) is 22.6 Å². The van der Waals surface area contributed by atoms with Crippen molar-refractivity contribution in [2.24, 2.45) is 12.1 Å². The maximum atomic E-state index is 13.0. The average Bonchev–Trinajstić information content (AvgIpc) is 3.45. The van der Waals surface area contributed by atoms with E-state index in [4.69, 9.17) is 9.47 Å². The molecule has 0 radical (unpaired) electrons. The number of aromatic nitrogens is 1. The van der Waals surface area contributed by atoms with Crippen LogP contribution in [0, 0.1) is 0 Å². The summed E-state index contributed by atoms with van der Waals surface area (Å²) in [6.07, 6.45) is 2.31. The van der Waals surface area contributed by atoms with E-state index in [2.05, 4.69) is 5.10 Å². The topological polar surface area (TPSA) is 73.1 Å². The largest absolute Gasteiger partial charge is 0.497 e. The number of hydrogen-bond acceptors (Lipinski definition) is 5. The fourth-order valence-electron chi connectivity index (χ4n) is 3.57. The molecule has 0 spiro atoms. The molecule has 0 bridgehead atoms. The summed E-state index contributed by atoms with van der Waals surface area (Å²) in [6, 6.07) is 20.4. The summed E-state index contributed by atoms with van der Waals surface area (Å²) in [5.41, 5.74) is 3.08. The Morgan fingerprint density at radius 3 is 2.42 bits per heavy atom. The molecule has 0 saturated carbocycles. The van der Waals surface area contributed by atoms with Gasteiger partial charge in [-0.15, -0.1) is 0 Å². The SMILES string of the molecule is COc1ccc([C@@H]2CC(c3ccccc3)=NN2C(=O)COC(=O)c2cccn2C)cc1. The monoisotopic (exact) mass is 417 g/mol. The number of nitrogens with zero attached hydrogens (tertiary/aromatic N) is 3. The Morgan fingerprint density at radius 1 is 1.03 bits per heavy atom. The van der Waals surface area contributed by atoms with Crippen molar-refractivity contribution in [3.8, 4) is 5.75 Å². The fourth-order valence-corrected chi connectivity index (χ4v) is 3.57. The summed E-state index contributed by atoms with van der Waals surface area (Å²) in [4.78, 5) is 25.3. The number of carbonyl (C=O) groups excluding carboxylic acids is 2. The van der Waals surface area contributed by atoms with Gasteiger partial charge in [0, 0.05) is 19.7 Å². The van der Waals surface area contributed by atoms with Crippen LogP contribution in [0.15, 0.2) is 78.0 Å². The van der Waals surface area contributed by atoms with Gasteiger partial charge in [0.05, 0.1) is 18.9 Å². The Bertz CT molecular complexity index is 1100. The van der Waals surface area contributed by atoms with Gasteiger partial charge in [-0.2, -0.15) is 5.10 Å². The number of hydrazone groups is 1. The Hall–Kier alpha value is -3.87. The molecule has 1 atom stereocenters. The second kappa shape index (κ2) is 8.87. The van der Waals surface area contributed by atoms with Crippen molar-refractivity contribution in [3.05, 3.63) is 89.7 Å². The molecule has 7 nitrogen and oxygen atoms in total. The summed E-state index contributed by atoms with van der Waals surface area (Å²) in [7, 11) is 3.35. The highest BCUT2D eigenvalue weighted by Crippen LogP contribution is 2.33. The maximum absolute atomic E-state index is 13.0. The summed E-state index contributed by atoms with van der Waals surface area (Å²) in [6.45, 7) is -0.387. The molecule has 158 valence electrons. The van der Waals surface area contributed by atoms with Crippen molar-refractivity contribution in [1.82, 2.24) is 9.58 Å². The number of esters is 1. The van der Waals surface area contributed by atoms with E-state index in [1.165, 1.54) is 5.01 Å². The molecular formula is C24H23N3O4. The number of aryl methyl sites for hydroxylation is 1. The van der Waals surface area contributed by atoms with E-state index in [0.29, 0.717) is 12.1 Å². The number of carbonyl (C=O) groups is 2. The molecule has 7 heteroatoms. The van der Waals surface area contributed by atoms with Gasteiger partial charge in [0.2, 0.25) is 0 Å². The number of benzene rings is 2. The van der Waals surface area contributed by atoms with Gasteiger partial charge in [-0.3, -0.25) is 4.79 Å². The molecule has 0 fully saturated rings. The van der Waals surface area contributed by atoms with Crippen LogP contribution in [0.1, 0.15) is 34.1 Å². The van der Waals surface area contributed by atoms with Crippen LogP contribution in [0.4, 0.5) is 0 Å². The zero-order valence-electron chi connectivity index (χ0n) is 17.4. The van der Waals surface area contributed by atoms with Crippen LogP contribution in [0.25, 0.3) is 0 Å². The third-order valence-electron chi connectivity index (χ3n) is 5.25. The van der Waals surface area contributed by atoms with Crippen molar-refractivity contribution >= 4 is 17.6 Å². The maximum Gasteiger partial charge on any atom is 0.355 e. The number of rotatable bonds is 6. The summed E-state index contributed by atoms with van der Waals surface area (Å²) >= 11 is 0. The molecule has 4 rings (SSSR count). The van der Waals surface area contributed by atoms with Crippen LogP contribution in [-0.4, -0.2) is 40.9 Å². The predicted molar refractivity (Wildman–Crippen MR) is 116 cm³/mol. The molecular weight excluding hydrogens is 394 g/mol. The Morgan fingerprint density at radius 2 is 1.77 bits per heavy atom. The van der Waals surface area contributed by atoms with E-state index >= 15 is 0 Å². The molecule has 1 aliphatic rings. The van der Waals surface area contributed by atoms with Gasteiger partial charge in [0.25, 0.3) is 5.91 Å². The van der Waals surface area contributed by atoms with E-state index in [1.54, 1.807) is 37.1 Å². The van der Waals surface area contributed by atoms with Crippen molar-refractivity contribution in [2.75, 3.05) is 13.7 Å². The Balaban J connectivity index is 1.55. The van der Waals surface area contributed by atoms with Gasteiger partial charge < -0.3 is 14.0 Å². The Kier molecular flexibility index (Phi) is 5.84. The van der Waals surface area contributed by atoms with Crippen molar-refractivity contribution in [3.63, 3.8) is 0 Å². The van der Waals surface area contributed by atoms with Gasteiger partial charge in [-0.05, 0) is 35.4 Å². The molecule has 0 N–H and O–H groups in total. The minimum absolute atomic E-state index is 0.289. The second-order valence-corrected chi connectivity index (χ2v) is 7.22. The molecule has 1 aliphatic heterocycles. The quantitative estimate of drug-likeness (QED) is 0.575. The zero-order valence-corrected chi connectivity index (χ0v) is 17.4. The number of amides is 1. The van der Waals surface area contributed by atoms with Crippen LogP contribution in [0.2, 0.25) is 0 Å². The molecule has 1 aromatic heterocycles. The first-order valence-electron chi connectivity index (χ1n) is 9.94. The first kappa shape index (κ1) is 20.4. The number of hydrogen-bond donors (Lipinski definition) is 0. The Labute approximate surface area is 180 Å². The summed E-state index contributed by atoms with van der Waals surface area (Å²) in [5.74, 6) is -0.192. The standard InChI is InChI=1S/C24H23N3O4/c1-26-14-6-9-21(26)24(29)31-16-23(28)27-22(18-10-12-19(30-2)13-11-18)15-20(25-27)17-7-4-3-5-8-17/h3-14,22H,15-16H2,1-2H3/t22-/m0/s1. The van der Waals surface area contributed by atoms with Crippen LogP contribution in [-0.2, 0) is 16.6 Å². The highest BCUT2D eigenvalue weighted by atomic mass is 16.5. The number of methoxy groups -OCH3 is 1. The first-order valence-corrected chi connectivity index (χ1v) is 9.94. The fraction of sp³-hybridized carbons (Fsp3) is 0.208. The third-order valence-corrected chi connectivity index (χ3v) is 5.25. The molecule has 31 heavy (non-hydrogen) atoms. The lowest BCUT2D eigenvalue weighted by Crippen LogP contribution is -2.31. The second-order valence-electron chi connectivity index (χ2n) is 7.22. The minimum atomic E-state index is -0.548. The highest BCUT2D eigenvalue weighted by Gasteiger charge is 2.33. The minimum Gasteiger partial charge on any atom is -0.497 e. The summed E-state index contributed by atoms with van der Waals surface area (Å²) < 4.78 is 12.1. The van der Waals surface area contributed by atoms with E-state index < -0.39 is 5.97 Å². The van der Waals surface area contributed by atoms with E-state index in [-0.39, 0.29) is 18.6 Å². The van der Waals surface area contributed by atoms with Crippen LogP contribution in [0.5, 0.6) is 5.75 Å². The predicted octanol–water partition coefficient (Wildman–Crippen LogP) is 3.57. The third kappa shape index (κ3) is 4.35. The van der Waals surface area contributed by atoms with Crippen molar-refractivity contribution in [1.29, 1.82) is 0 Å². The van der Waals surface area contributed by atoms with Crippen molar-refractivity contribution < 1.29 is 19.1 Å². The normalized spacial score (nSPS) is 15.5. The smallest absolute Gasteiger partial charge is 0.355 e. The first-order chi connectivity index (χ1) is 15.1. The number of ether oxygens (including phenoxy) is 2. The highest BCUT2D eigenvalue weighted by molar-refractivity contribution is 6.03.